The molecule has 1 saturated carbocycles. The highest BCUT2D eigenvalue weighted by Gasteiger charge is 2.21. The predicted molar refractivity (Wildman–Crippen MR) is 63.2 cm³/mol. The van der Waals surface area contributed by atoms with Crippen molar-refractivity contribution in [1.82, 2.24) is 14.9 Å². The van der Waals surface area contributed by atoms with Crippen molar-refractivity contribution in [3.8, 4) is 0 Å². The monoisotopic (exact) mass is 223 g/mol. The van der Waals surface area contributed by atoms with Crippen LogP contribution >= 0.6 is 0 Å². The first kappa shape index (κ1) is 11.6. The lowest BCUT2D eigenvalue weighted by Gasteiger charge is -2.28. The minimum atomic E-state index is -0.157. The first-order valence-corrected chi connectivity index (χ1v) is 6.15. The van der Waals surface area contributed by atoms with E-state index in [1.54, 1.807) is 0 Å². The molecule has 1 aliphatic rings. The molecule has 1 fully saturated rings. The molecule has 1 heterocycles. The Morgan fingerprint density at radius 1 is 1.50 bits per heavy atom. The van der Waals surface area contributed by atoms with Crippen molar-refractivity contribution in [2.24, 2.45) is 7.05 Å². The van der Waals surface area contributed by atoms with Gasteiger partial charge in [-0.1, -0.05) is 12.8 Å². The van der Waals surface area contributed by atoms with Crippen molar-refractivity contribution >= 4 is 0 Å². The van der Waals surface area contributed by atoms with E-state index in [-0.39, 0.29) is 12.1 Å². The zero-order valence-electron chi connectivity index (χ0n) is 9.89. The van der Waals surface area contributed by atoms with Gasteiger partial charge in [0.1, 0.15) is 5.82 Å². The topological polar surface area (TPSA) is 50.1 Å². The molecule has 0 saturated heterocycles. The highest BCUT2D eigenvalue weighted by atomic mass is 16.3. The molecule has 0 aromatic carbocycles. The van der Waals surface area contributed by atoms with Gasteiger partial charge in [-0.2, -0.15) is 0 Å². The number of rotatable bonds is 4. The molecule has 2 unspecified atom stereocenters. The maximum atomic E-state index is 9.80. The van der Waals surface area contributed by atoms with Crippen molar-refractivity contribution in [2.45, 2.75) is 44.2 Å². The van der Waals surface area contributed by atoms with Crippen LogP contribution in [0.25, 0.3) is 0 Å². The van der Waals surface area contributed by atoms with Crippen LogP contribution in [0.2, 0.25) is 0 Å². The van der Waals surface area contributed by atoms with Gasteiger partial charge in [0.2, 0.25) is 0 Å². The summed E-state index contributed by atoms with van der Waals surface area (Å²) < 4.78 is 2.04. The Kier molecular flexibility index (Phi) is 3.96. The minimum Gasteiger partial charge on any atom is -0.392 e. The summed E-state index contributed by atoms with van der Waals surface area (Å²) in [7, 11) is 2.01. The molecule has 90 valence electrons. The Morgan fingerprint density at radius 3 is 3.00 bits per heavy atom. The fourth-order valence-corrected chi connectivity index (χ4v) is 2.36. The molecule has 0 amide bonds. The smallest absolute Gasteiger partial charge is 0.109 e. The summed E-state index contributed by atoms with van der Waals surface area (Å²) in [6.45, 7) is 0.895. The average Bonchev–Trinajstić information content (AvgIpc) is 2.67. The van der Waals surface area contributed by atoms with Gasteiger partial charge >= 0.3 is 0 Å². The fourth-order valence-electron chi connectivity index (χ4n) is 2.36. The van der Waals surface area contributed by atoms with E-state index in [0.29, 0.717) is 0 Å². The first-order valence-electron chi connectivity index (χ1n) is 6.15. The molecular formula is C12H21N3O. The molecule has 1 aromatic heterocycles. The summed E-state index contributed by atoms with van der Waals surface area (Å²) in [5.74, 6) is 1.10. The van der Waals surface area contributed by atoms with Gasteiger partial charge in [0.05, 0.1) is 6.10 Å². The van der Waals surface area contributed by atoms with Crippen LogP contribution in [-0.4, -0.2) is 33.3 Å². The third-order valence-corrected chi connectivity index (χ3v) is 3.41. The van der Waals surface area contributed by atoms with Crippen LogP contribution < -0.4 is 5.32 Å². The fraction of sp³-hybridized carbons (Fsp3) is 0.750. The molecule has 2 rings (SSSR count). The maximum Gasteiger partial charge on any atom is 0.109 e. The molecule has 4 nitrogen and oxygen atoms in total. The van der Waals surface area contributed by atoms with Crippen LogP contribution in [0.5, 0.6) is 0 Å². The number of nitrogens with zero attached hydrogens (tertiary/aromatic N) is 2. The molecule has 2 atom stereocenters. The summed E-state index contributed by atoms with van der Waals surface area (Å²) >= 11 is 0. The Labute approximate surface area is 96.7 Å². The van der Waals surface area contributed by atoms with E-state index in [1.165, 1.54) is 12.8 Å². The van der Waals surface area contributed by atoms with Gasteiger partial charge in [-0.05, 0) is 12.8 Å². The molecule has 16 heavy (non-hydrogen) atoms. The zero-order chi connectivity index (χ0) is 11.4. The van der Waals surface area contributed by atoms with Gasteiger partial charge < -0.3 is 15.0 Å². The average molecular weight is 223 g/mol. The van der Waals surface area contributed by atoms with Crippen molar-refractivity contribution < 1.29 is 5.11 Å². The number of aliphatic hydroxyl groups is 1. The molecule has 0 bridgehead atoms. The Morgan fingerprint density at radius 2 is 2.31 bits per heavy atom. The third kappa shape index (κ3) is 2.83. The van der Waals surface area contributed by atoms with Crippen molar-refractivity contribution in [1.29, 1.82) is 0 Å². The second-order valence-electron chi connectivity index (χ2n) is 4.62. The number of aromatic nitrogens is 2. The molecule has 1 aliphatic carbocycles. The molecule has 2 N–H and O–H groups in total. The Bertz CT molecular complexity index is 324. The number of aliphatic hydroxyl groups excluding tert-OH is 1. The lowest BCUT2D eigenvalue weighted by Crippen LogP contribution is -2.42. The van der Waals surface area contributed by atoms with Gasteiger partial charge in [-0.3, -0.25) is 0 Å². The standard InChI is InChI=1S/C12H21N3O/c1-15-9-8-14-12(15)6-7-13-10-4-2-3-5-11(10)16/h8-11,13,16H,2-7H2,1H3. The van der Waals surface area contributed by atoms with Gasteiger partial charge in [0.15, 0.2) is 0 Å². The van der Waals surface area contributed by atoms with E-state index in [0.717, 1.165) is 31.6 Å². The van der Waals surface area contributed by atoms with E-state index in [9.17, 15) is 5.11 Å². The number of nitrogens with one attached hydrogen (secondary N) is 1. The predicted octanol–water partition coefficient (Wildman–Crippen LogP) is 0.856. The normalized spacial score (nSPS) is 25.9. The van der Waals surface area contributed by atoms with Gasteiger partial charge in [-0.15, -0.1) is 0 Å². The molecule has 1 aromatic rings. The molecule has 4 heteroatoms. The first-order chi connectivity index (χ1) is 7.77. The summed E-state index contributed by atoms with van der Waals surface area (Å²) in [4.78, 5) is 4.28. The summed E-state index contributed by atoms with van der Waals surface area (Å²) in [5, 5.41) is 13.2. The van der Waals surface area contributed by atoms with Crippen LogP contribution in [0.3, 0.4) is 0 Å². The van der Waals surface area contributed by atoms with Crippen molar-refractivity contribution in [3.63, 3.8) is 0 Å². The van der Waals surface area contributed by atoms with Crippen LogP contribution in [0, 0.1) is 0 Å². The van der Waals surface area contributed by atoms with E-state index in [4.69, 9.17) is 0 Å². The number of imidazole rings is 1. The second-order valence-corrected chi connectivity index (χ2v) is 4.62. The Balaban J connectivity index is 1.73. The molecular weight excluding hydrogens is 202 g/mol. The van der Waals surface area contributed by atoms with E-state index in [2.05, 4.69) is 10.3 Å². The second kappa shape index (κ2) is 5.46. The largest absolute Gasteiger partial charge is 0.392 e. The Hall–Kier alpha value is -0.870. The van der Waals surface area contributed by atoms with E-state index < -0.39 is 0 Å². The van der Waals surface area contributed by atoms with Gasteiger partial charge in [-0.25, -0.2) is 4.98 Å². The lowest BCUT2D eigenvalue weighted by atomic mass is 9.92. The van der Waals surface area contributed by atoms with Crippen LogP contribution in [0.4, 0.5) is 0 Å². The minimum absolute atomic E-state index is 0.157. The van der Waals surface area contributed by atoms with Gasteiger partial charge in [0.25, 0.3) is 0 Å². The molecule has 0 radical (unpaired) electrons. The molecule has 0 aliphatic heterocycles. The highest BCUT2D eigenvalue weighted by molar-refractivity contribution is 4.92. The maximum absolute atomic E-state index is 9.80. The van der Waals surface area contributed by atoms with E-state index in [1.807, 2.05) is 24.0 Å². The summed E-state index contributed by atoms with van der Waals surface area (Å²) in [6, 6.07) is 0.286. The third-order valence-electron chi connectivity index (χ3n) is 3.41. The number of aryl methyl sites for hydroxylation is 1. The summed E-state index contributed by atoms with van der Waals surface area (Å²) in [6.07, 6.45) is 9.00. The molecule has 0 spiro atoms. The highest BCUT2D eigenvalue weighted by Crippen LogP contribution is 2.18. The lowest BCUT2D eigenvalue weighted by molar-refractivity contribution is 0.0913. The van der Waals surface area contributed by atoms with Crippen molar-refractivity contribution in [2.75, 3.05) is 6.54 Å². The van der Waals surface area contributed by atoms with Gasteiger partial charge in [0, 0.05) is 38.4 Å². The SMILES string of the molecule is Cn1ccnc1CCNC1CCCCC1O. The number of hydrogen-bond acceptors (Lipinski definition) is 3. The van der Waals surface area contributed by atoms with Crippen molar-refractivity contribution in [3.05, 3.63) is 18.2 Å². The quantitative estimate of drug-likeness (QED) is 0.796. The van der Waals surface area contributed by atoms with Crippen LogP contribution in [0.15, 0.2) is 12.4 Å². The van der Waals surface area contributed by atoms with E-state index >= 15 is 0 Å². The van der Waals surface area contributed by atoms with Crippen LogP contribution in [-0.2, 0) is 13.5 Å². The van der Waals surface area contributed by atoms with Crippen LogP contribution in [0.1, 0.15) is 31.5 Å². The number of hydrogen-bond donors (Lipinski definition) is 2. The summed E-state index contributed by atoms with van der Waals surface area (Å²) in [5.41, 5.74) is 0. The zero-order valence-corrected chi connectivity index (χ0v) is 9.89.